The zero-order chi connectivity index (χ0) is 12.8. The molecule has 2 aromatic rings. The normalized spacial score (nSPS) is 10.3. The molecule has 0 bridgehead atoms. The second-order valence-electron chi connectivity index (χ2n) is 3.89. The molecule has 0 aliphatic heterocycles. The lowest BCUT2D eigenvalue weighted by molar-refractivity contribution is 0.0477. The predicted molar refractivity (Wildman–Crippen MR) is 72.6 cm³/mol. The summed E-state index contributed by atoms with van der Waals surface area (Å²) in [6.45, 7) is 0.948. The van der Waals surface area contributed by atoms with E-state index in [-0.39, 0.29) is 5.97 Å². The maximum atomic E-state index is 11.8. The van der Waals surface area contributed by atoms with E-state index in [0.29, 0.717) is 18.7 Å². The van der Waals surface area contributed by atoms with Gasteiger partial charge in [-0.05, 0) is 42.1 Å². The van der Waals surface area contributed by atoms with Crippen molar-refractivity contribution in [1.82, 2.24) is 0 Å². The summed E-state index contributed by atoms with van der Waals surface area (Å²) in [7, 11) is 0. The molecule has 2 rings (SSSR count). The molecule has 0 saturated carbocycles. The average Bonchev–Trinajstić information content (AvgIpc) is 2.90. The summed E-state index contributed by atoms with van der Waals surface area (Å²) in [4.78, 5) is 12.8. The van der Waals surface area contributed by atoms with Crippen molar-refractivity contribution in [2.75, 3.05) is 6.54 Å². The molecule has 0 fully saturated rings. The molecule has 3 nitrogen and oxygen atoms in total. The molecule has 1 heterocycles. The first kappa shape index (κ1) is 12.8. The molecule has 94 valence electrons. The fraction of sp³-hybridized carbons (Fsp3) is 0.214. The van der Waals surface area contributed by atoms with E-state index in [1.165, 1.54) is 0 Å². The third-order valence-corrected chi connectivity index (χ3v) is 3.40. The molecular formula is C14H15NO2S. The van der Waals surface area contributed by atoms with Crippen molar-refractivity contribution in [3.8, 4) is 0 Å². The molecule has 0 spiro atoms. The zero-order valence-corrected chi connectivity index (χ0v) is 10.8. The fourth-order valence-electron chi connectivity index (χ4n) is 1.59. The highest BCUT2D eigenvalue weighted by atomic mass is 32.1. The van der Waals surface area contributed by atoms with Gasteiger partial charge >= 0.3 is 5.97 Å². The average molecular weight is 261 g/mol. The Morgan fingerprint density at radius 2 is 2.00 bits per heavy atom. The monoisotopic (exact) mass is 261 g/mol. The van der Waals surface area contributed by atoms with Gasteiger partial charge in [-0.1, -0.05) is 18.2 Å². The van der Waals surface area contributed by atoms with Gasteiger partial charge in [0.05, 0.1) is 5.56 Å². The van der Waals surface area contributed by atoms with Crippen LogP contribution in [0.5, 0.6) is 0 Å². The van der Waals surface area contributed by atoms with Gasteiger partial charge in [0, 0.05) is 4.88 Å². The van der Waals surface area contributed by atoms with Crippen LogP contribution in [-0.4, -0.2) is 12.5 Å². The van der Waals surface area contributed by atoms with Crippen LogP contribution in [0.25, 0.3) is 0 Å². The van der Waals surface area contributed by atoms with Gasteiger partial charge in [0.1, 0.15) is 6.61 Å². The summed E-state index contributed by atoms with van der Waals surface area (Å²) < 4.78 is 5.22. The summed E-state index contributed by atoms with van der Waals surface area (Å²) >= 11 is 1.58. The Labute approximate surface area is 110 Å². The number of rotatable bonds is 5. The van der Waals surface area contributed by atoms with Crippen LogP contribution in [0.2, 0.25) is 0 Å². The predicted octanol–water partition coefficient (Wildman–Crippen LogP) is 2.61. The van der Waals surface area contributed by atoms with Crippen LogP contribution < -0.4 is 5.73 Å². The summed E-state index contributed by atoms with van der Waals surface area (Å²) in [5, 5.41) is 1.96. The third-order valence-electron chi connectivity index (χ3n) is 2.55. The number of benzene rings is 1. The van der Waals surface area contributed by atoms with Crippen LogP contribution >= 0.6 is 11.3 Å². The molecule has 0 aliphatic carbocycles. The molecule has 4 heteroatoms. The van der Waals surface area contributed by atoms with Crippen molar-refractivity contribution >= 4 is 17.3 Å². The van der Waals surface area contributed by atoms with Crippen molar-refractivity contribution < 1.29 is 9.53 Å². The molecule has 0 saturated heterocycles. The Hall–Kier alpha value is -1.65. The summed E-state index contributed by atoms with van der Waals surface area (Å²) in [6, 6.07) is 11.3. The maximum Gasteiger partial charge on any atom is 0.338 e. The SMILES string of the molecule is NCCc1ccc(C(=O)OCc2cccs2)cc1. The molecule has 0 aliphatic rings. The standard InChI is InChI=1S/C14H15NO2S/c15-8-7-11-3-5-12(6-4-11)14(16)17-10-13-2-1-9-18-13/h1-6,9H,7-8,10,15H2. The van der Waals surface area contributed by atoms with Crippen molar-refractivity contribution in [1.29, 1.82) is 0 Å². The number of hydrogen-bond donors (Lipinski definition) is 1. The molecule has 1 aromatic carbocycles. The molecule has 0 atom stereocenters. The molecule has 1 aromatic heterocycles. The molecule has 0 radical (unpaired) electrons. The zero-order valence-electron chi connectivity index (χ0n) is 9.96. The molecule has 18 heavy (non-hydrogen) atoms. The van der Waals surface area contributed by atoms with Crippen LogP contribution in [0.1, 0.15) is 20.8 Å². The van der Waals surface area contributed by atoms with Gasteiger partial charge in [-0.25, -0.2) is 4.79 Å². The topological polar surface area (TPSA) is 52.3 Å². The highest BCUT2D eigenvalue weighted by molar-refractivity contribution is 7.09. The minimum atomic E-state index is -0.289. The van der Waals surface area contributed by atoms with E-state index >= 15 is 0 Å². The lowest BCUT2D eigenvalue weighted by atomic mass is 10.1. The van der Waals surface area contributed by atoms with E-state index in [1.54, 1.807) is 23.5 Å². The van der Waals surface area contributed by atoms with Crippen LogP contribution in [0, 0.1) is 0 Å². The van der Waals surface area contributed by atoms with Crippen LogP contribution in [0.15, 0.2) is 41.8 Å². The summed E-state index contributed by atoms with van der Waals surface area (Å²) in [6.07, 6.45) is 0.824. The number of hydrogen-bond acceptors (Lipinski definition) is 4. The Bertz CT molecular complexity index is 491. The number of carbonyl (C=O) groups excluding carboxylic acids is 1. The van der Waals surface area contributed by atoms with Gasteiger partial charge in [0.15, 0.2) is 0 Å². The van der Waals surface area contributed by atoms with E-state index in [4.69, 9.17) is 10.5 Å². The second kappa shape index (κ2) is 6.33. The Morgan fingerprint density at radius 1 is 1.22 bits per heavy atom. The molecular weight excluding hydrogens is 246 g/mol. The fourth-order valence-corrected chi connectivity index (χ4v) is 2.20. The van der Waals surface area contributed by atoms with E-state index in [0.717, 1.165) is 16.9 Å². The lowest BCUT2D eigenvalue weighted by Crippen LogP contribution is -2.06. The minimum absolute atomic E-state index is 0.289. The van der Waals surface area contributed by atoms with Crippen molar-refractivity contribution in [3.05, 3.63) is 57.8 Å². The second-order valence-corrected chi connectivity index (χ2v) is 4.92. The van der Waals surface area contributed by atoms with E-state index in [2.05, 4.69) is 0 Å². The van der Waals surface area contributed by atoms with Gasteiger partial charge < -0.3 is 10.5 Å². The van der Waals surface area contributed by atoms with Crippen molar-refractivity contribution in [3.63, 3.8) is 0 Å². The third kappa shape index (κ3) is 3.42. The molecule has 0 amide bonds. The first-order valence-electron chi connectivity index (χ1n) is 5.78. The maximum absolute atomic E-state index is 11.8. The first-order valence-corrected chi connectivity index (χ1v) is 6.66. The van der Waals surface area contributed by atoms with Crippen molar-refractivity contribution in [2.45, 2.75) is 13.0 Å². The van der Waals surface area contributed by atoms with Crippen molar-refractivity contribution in [2.24, 2.45) is 5.73 Å². The summed E-state index contributed by atoms with van der Waals surface area (Å²) in [5.41, 5.74) is 7.18. The van der Waals surface area contributed by atoms with Crippen LogP contribution in [0.4, 0.5) is 0 Å². The highest BCUT2D eigenvalue weighted by Gasteiger charge is 2.07. The number of nitrogens with two attached hydrogens (primary N) is 1. The van der Waals surface area contributed by atoms with E-state index in [1.807, 2.05) is 29.6 Å². The van der Waals surface area contributed by atoms with E-state index in [9.17, 15) is 4.79 Å². The minimum Gasteiger partial charge on any atom is -0.456 e. The van der Waals surface area contributed by atoms with Gasteiger partial charge in [0.25, 0.3) is 0 Å². The summed E-state index contributed by atoms with van der Waals surface area (Å²) in [5.74, 6) is -0.289. The van der Waals surface area contributed by atoms with Gasteiger partial charge in [0.2, 0.25) is 0 Å². The smallest absolute Gasteiger partial charge is 0.338 e. The van der Waals surface area contributed by atoms with Gasteiger partial charge in [-0.2, -0.15) is 0 Å². The van der Waals surface area contributed by atoms with Crippen LogP contribution in [-0.2, 0) is 17.8 Å². The van der Waals surface area contributed by atoms with Crippen LogP contribution in [0.3, 0.4) is 0 Å². The number of ether oxygens (including phenoxy) is 1. The Morgan fingerprint density at radius 3 is 2.61 bits per heavy atom. The Balaban J connectivity index is 1.92. The number of carbonyl (C=O) groups is 1. The van der Waals surface area contributed by atoms with E-state index < -0.39 is 0 Å². The lowest BCUT2D eigenvalue weighted by Gasteiger charge is -2.04. The number of thiophene rings is 1. The van der Waals surface area contributed by atoms with Gasteiger partial charge in [-0.3, -0.25) is 0 Å². The highest BCUT2D eigenvalue weighted by Crippen LogP contribution is 2.12. The largest absolute Gasteiger partial charge is 0.456 e. The molecule has 2 N–H and O–H groups in total. The molecule has 0 unspecified atom stereocenters. The number of esters is 1. The quantitative estimate of drug-likeness (QED) is 0.842. The Kier molecular flexibility index (Phi) is 4.50. The first-order chi connectivity index (χ1) is 8.79. The van der Waals surface area contributed by atoms with Gasteiger partial charge in [-0.15, -0.1) is 11.3 Å².